The summed E-state index contributed by atoms with van der Waals surface area (Å²) in [6.45, 7) is 3.05. The Morgan fingerprint density at radius 2 is 2.00 bits per heavy atom. The molecule has 1 atom stereocenters. The highest BCUT2D eigenvalue weighted by Gasteiger charge is 2.20. The summed E-state index contributed by atoms with van der Waals surface area (Å²) < 4.78 is 1.09. The average Bonchev–Trinajstić information content (AvgIpc) is 2.82. The lowest BCUT2D eigenvalue weighted by Gasteiger charge is -2.21. The number of benzene rings is 2. The van der Waals surface area contributed by atoms with Gasteiger partial charge < -0.3 is 10.6 Å². The summed E-state index contributed by atoms with van der Waals surface area (Å²) in [4.78, 5) is 2.37. The van der Waals surface area contributed by atoms with Crippen LogP contribution in [-0.2, 0) is 6.42 Å². The Morgan fingerprint density at radius 1 is 1.21 bits per heavy atom. The molecule has 0 fully saturated rings. The van der Waals surface area contributed by atoms with Crippen LogP contribution in [0.5, 0.6) is 0 Å². The third-order valence-corrected chi connectivity index (χ3v) is 4.36. The van der Waals surface area contributed by atoms with Gasteiger partial charge in [-0.3, -0.25) is 0 Å². The van der Waals surface area contributed by atoms with E-state index in [1.54, 1.807) is 0 Å². The molecule has 3 heteroatoms. The van der Waals surface area contributed by atoms with Gasteiger partial charge in [0.25, 0.3) is 0 Å². The first kappa shape index (κ1) is 12.7. The fraction of sp³-hybridized carbons (Fsp3) is 0.250. The third-order valence-electron chi connectivity index (χ3n) is 3.67. The molecule has 0 aromatic heterocycles. The van der Waals surface area contributed by atoms with Crippen molar-refractivity contribution >= 4 is 27.3 Å². The minimum Gasteiger partial charge on any atom is -0.341 e. The minimum absolute atomic E-state index is 0.0503. The van der Waals surface area contributed by atoms with Crippen molar-refractivity contribution in [3.63, 3.8) is 0 Å². The monoisotopic (exact) mass is 316 g/mol. The van der Waals surface area contributed by atoms with Gasteiger partial charge in [0, 0.05) is 28.4 Å². The lowest BCUT2D eigenvalue weighted by Crippen LogP contribution is -2.14. The molecular formula is C16H17BrN2. The van der Waals surface area contributed by atoms with Gasteiger partial charge in [0.05, 0.1) is 0 Å². The maximum absolute atomic E-state index is 5.95. The molecule has 0 unspecified atom stereocenters. The molecule has 19 heavy (non-hydrogen) atoms. The molecule has 0 bridgehead atoms. The predicted molar refractivity (Wildman–Crippen MR) is 83.9 cm³/mol. The van der Waals surface area contributed by atoms with Gasteiger partial charge >= 0.3 is 0 Å². The first-order chi connectivity index (χ1) is 9.16. The van der Waals surface area contributed by atoms with Crippen molar-refractivity contribution in [1.29, 1.82) is 0 Å². The topological polar surface area (TPSA) is 29.3 Å². The average molecular weight is 317 g/mol. The zero-order valence-corrected chi connectivity index (χ0v) is 12.5. The Bertz CT molecular complexity index is 607. The number of anilines is 2. The molecule has 0 saturated heterocycles. The first-order valence-corrected chi connectivity index (χ1v) is 7.36. The van der Waals surface area contributed by atoms with E-state index < -0.39 is 0 Å². The van der Waals surface area contributed by atoms with E-state index in [9.17, 15) is 0 Å². The Labute approximate surface area is 122 Å². The van der Waals surface area contributed by atoms with Crippen molar-refractivity contribution in [2.45, 2.75) is 19.4 Å². The van der Waals surface area contributed by atoms with Crippen molar-refractivity contribution in [3.05, 3.63) is 58.1 Å². The SMILES string of the molecule is C[C@@H](N)c1ccc(N2CCc3ccccc32)cc1Br. The van der Waals surface area contributed by atoms with E-state index in [-0.39, 0.29) is 6.04 Å². The van der Waals surface area contributed by atoms with Crippen LogP contribution >= 0.6 is 15.9 Å². The Kier molecular flexibility index (Phi) is 3.33. The predicted octanol–water partition coefficient (Wildman–Crippen LogP) is 4.16. The number of halogens is 1. The van der Waals surface area contributed by atoms with E-state index in [0.29, 0.717) is 0 Å². The largest absolute Gasteiger partial charge is 0.341 e. The first-order valence-electron chi connectivity index (χ1n) is 6.57. The molecule has 3 rings (SSSR count). The highest BCUT2D eigenvalue weighted by molar-refractivity contribution is 9.10. The second-order valence-electron chi connectivity index (χ2n) is 5.02. The van der Waals surface area contributed by atoms with E-state index in [0.717, 1.165) is 23.0 Å². The zero-order valence-electron chi connectivity index (χ0n) is 10.9. The summed E-state index contributed by atoms with van der Waals surface area (Å²) in [6, 6.07) is 15.1. The van der Waals surface area contributed by atoms with Crippen molar-refractivity contribution < 1.29 is 0 Å². The van der Waals surface area contributed by atoms with E-state index in [1.165, 1.54) is 16.9 Å². The fourth-order valence-electron chi connectivity index (χ4n) is 2.66. The van der Waals surface area contributed by atoms with E-state index in [4.69, 9.17) is 5.73 Å². The molecule has 0 amide bonds. The Balaban J connectivity index is 1.99. The number of hydrogen-bond donors (Lipinski definition) is 1. The summed E-state index contributed by atoms with van der Waals surface area (Å²) in [5, 5.41) is 0. The van der Waals surface area contributed by atoms with Crippen molar-refractivity contribution in [2.75, 3.05) is 11.4 Å². The summed E-state index contributed by atoms with van der Waals surface area (Å²) >= 11 is 3.63. The number of para-hydroxylation sites is 1. The number of nitrogens with zero attached hydrogens (tertiary/aromatic N) is 1. The molecule has 1 aliphatic rings. The summed E-state index contributed by atoms with van der Waals surface area (Å²) in [6.07, 6.45) is 1.11. The second-order valence-corrected chi connectivity index (χ2v) is 5.88. The molecule has 98 valence electrons. The van der Waals surface area contributed by atoms with Crippen LogP contribution in [0.25, 0.3) is 0 Å². The van der Waals surface area contributed by atoms with Crippen LogP contribution in [-0.4, -0.2) is 6.54 Å². The molecule has 0 saturated carbocycles. The van der Waals surface area contributed by atoms with Gasteiger partial charge in [0.15, 0.2) is 0 Å². The summed E-state index contributed by atoms with van der Waals surface area (Å²) in [7, 11) is 0. The molecular weight excluding hydrogens is 300 g/mol. The van der Waals surface area contributed by atoms with Crippen molar-refractivity contribution in [3.8, 4) is 0 Å². The maximum Gasteiger partial charge on any atom is 0.0444 e. The van der Waals surface area contributed by atoms with Crippen molar-refractivity contribution in [2.24, 2.45) is 5.73 Å². The Morgan fingerprint density at radius 3 is 2.74 bits per heavy atom. The highest BCUT2D eigenvalue weighted by Crippen LogP contribution is 2.36. The van der Waals surface area contributed by atoms with Gasteiger partial charge in [-0.1, -0.05) is 40.2 Å². The number of fused-ring (bicyclic) bond motifs is 1. The van der Waals surface area contributed by atoms with Gasteiger partial charge in [0.2, 0.25) is 0 Å². The molecule has 2 nitrogen and oxygen atoms in total. The maximum atomic E-state index is 5.95. The lowest BCUT2D eigenvalue weighted by molar-refractivity contribution is 0.813. The van der Waals surface area contributed by atoms with Gasteiger partial charge in [-0.15, -0.1) is 0 Å². The second kappa shape index (κ2) is 4.99. The zero-order chi connectivity index (χ0) is 13.4. The lowest BCUT2D eigenvalue weighted by atomic mass is 10.1. The fourth-order valence-corrected chi connectivity index (χ4v) is 3.39. The standard InChI is InChI=1S/C16H17BrN2/c1-11(18)14-7-6-13(10-15(14)17)19-9-8-12-4-2-3-5-16(12)19/h2-7,10-11H,8-9,18H2,1H3/t11-/m1/s1. The van der Waals surface area contributed by atoms with Crippen molar-refractivity contribution in [1.82, 2.24) is 0 Å². The Hall–Kier alpha value is -1.32. The molecule has 2 N–H and O–H groups in total. The smallest absolute Gasteiger partial charge is 0.0444 e. The van der Waals surface area contributed by atoms with Crippen LogP contribution in [0.4, 0.5) is 11.4 Å². The molecule has 2 aromatic carbocycles. The summed E-state index contributed by atoms with van der Waals surface area (Å²) in [5.74, 6) is 0. The highest BCUT2D eigenvalue weighted by atomic mass is 79.9. The van der Waals surface area contributed by atoms with E-state index >= 15 is 0 Å². The van der Waals surface area contributed by atoms with Crippen LogP contribution in [0.15, 0.2) is 46.9 Å². The molecule has 0 spiro atoms. The molecule has 1 heterocycles. The van der Waals surface area contributed by atoms with E-state index in [2.05, 4.69) is 63.3 Å². The van der Waals surface area contributed by atoms with E-state index in [1.807, 2.05) is 6.92 Å². The van der Waals surface area contributed by atoms with Crippen LogP contribution in [0.3, 0.4) is 0 Å². The van der Waals surface area contributed by atoms with Crippen LogP contribution < -0.4 is 10.6 Å². The molecule has 0 radical (unpaired) electrons. The van der Waals surface area contributed by atoms with Crippen LogP contribution in [0.1, 0.15) is 24.1 Å². The normalized spacial score (nSPS) is 15.4. The quantitative estimate of drug-likeness (QED) is 0.901. The molecule has 0 aliphatic carbocycles. The van der Waals surface area contributed by atoms with Gasteiger partial charge in [-0.2, -0.15) is 0 Å². The molecule has 2 aromatic rings. The number of hydrogen-bond acceptors (Lipinski definition) is 2. The van der Waals surface area contributed by atoms with Gasteiger partial charge in [-0.05, 0) is 42.7 Å². The minimum atomic E-state index is 0.0503. The number of nitrogens with two attached hydrogens (primary N) is 1. The van der Waals surface area contributed by atoms with Crippen LogP contribution in [0, 0.1) is 0 Å². The summed E-state index contributed by atoms with van der Waals surface area (Å²) in [5.41, 5.74) is 11.1. The van der Waals surface area contributed by atoms with Gasteiger partial charge in [-0.25, -0.2) is 0 Å². The molecule has 1 aliphatic heterocycles. The third kappa shape index (κ3) is 2.28. The van der Waals surface area contributed by atoms with Crippen LogP contribution in [0.2, 0.25) is 0 Å². The van der Waals surface area contributed by atoms with Gasteiger partial charge in [0.1, 0.15) is 0 Å². The number of rotatable bonds is 2.